The Morgan fingerprint density at radius 2 is 1.94 bits per heavy atom. The highest BCUT2D eigenvalue weighted by Gasteiger charge is 2.22. The van der Waals surface area contributed by atoms with E-state index in [2.05, 4.69) is 0 Å². The minimum atomic E-state index is -1.29. The van der Waals surface area contributed by atoms with E-state index < -0.39 is 18.0 Å². The van der Waals surface area contributed by atoms with Gasteiger partial charge in [-0.05, 0) is 13.0 Å². The van der Waals surface area contributed by atoms with Crippen molar-refractivity contribution in [1.29, 1.82) is 0 Å². The molecule has 0 bridgehead atoms. The van der Waals surface area contributed by atoms with Crippen LogP contribution in [-0.4, -0.2) is 35.4 Å². The van der Waals surface area contributed by atoms with Gasteiger partial charge in [-0.3, -0.25) is 0 Å². The standard InChI is InChI=1S/C11H11ClO6/c1-5(10(13)14)18-9-7(11(15)16)3-6(12)4-8(9)17-2/h3-5H,1-2H3,(H,13,14)(H,15,16). The predicted molar refractivity (Wildman–Crippen MR) is 62.7 cm³/mol. The second-order valence-electron chi connectivity index (χ2n) is 3.39. The van der Waals surface area contributed by atoms with Crippen molar-refractivity contribution in [2.24, 2.45) is 0 Å². The van der Waals surface area contributed by atoms with Gasteiger partial charge < -0.3 is 19.7 Å². The molecule has 0 spiro atoms. The minimum Gasteiger partial charge on any atom is -0.493 e. The number of carboxylic acids is 2. The fourth-order valence-electron chi connectivity index (χ4n) is 1.23. The van der Waals surface area contributed by atoms with Crippen LogP contribution in [0.1, 0.15) is 17.3 Å². The molecule has 6 nitrogen and oxygen atoms in total. The third kappa shape index (κ3) is 3.04. The third-order valence-corrected chi connectivity index (χ3v) is 2.33. The third-order valence-electron chi connectivity index (χ3n) is 2.11. The van der Waals surface area contributed by atoms with E-state index in [4.69, 9.17) is 31.3 Å². The van der Waals surface area contributed by atoms with Gasteiger partial charge in [0.15, 0.2) is 17.6 Å². The van der Waals surface area contributed by atoms with Gasteiger partial charge >= 0.3 is 11.9 Å². The first-order chi connectivity index (χ1) is 8.36. The highest BCUT2D eigenvalue weighted by Crippen LogP contribution is 2.35. The number of ether oxygens (including phenoxy) is 2. The fraction of sp³-hybridized carbons (Fsp3) is 0.273. The van der Waals surface area contributed by atoms with Crippen molar-refractivity contribution < 1.29 is 29.3 Å². The van der Waals surface area contributed by atoms with Crippen molar-refractivity contribution in [3.63, 3.8) is 0 Å². The molecule has 0 aliphatic rings. The number of benzene rings is 1. The van der Waals surface area contributed by atoms with Gasteiger partial charge in [0.25, 0.3) is 0 Å². The summed E-state index contributed by atoms with van der Waals surface area (Å²) in [5.74, 6) is -2.61. The average Bonchev–Trinajstić information content (AvgIpc) is 2.29. The lowest BCUT2D eigenvalue weighted by atomic mass is 10.2. The number of halogens is 1. The average molecular weight is 275 g/mol. The largest absolute Gasteiger partial charge is 0.493 e. The van der Waals surface area contributed by atoms with Gasteiger partial charge in [0.2, 0.25) is 0 Å². The molecular weight excluding hydrogens is 264 g/mol. The molecule has 0 aliphatic heterocycles. The van der Waals surface area contributed by atoms with E-state index in [0.717, 1.165) is 6.07 Å². The highest BCUT2D eigenvalue weighted by molar-refractivity contribution is 6.31. The lowest BCUT2D eigenvalue weighted by molar-refractivity contribution is -0.144. The number of aromatic carboxylic acids is 1. The van der Waals surface area contributed by atoms with E-state index in [1.165, 1.54) is 20.1 Å². The van der Waals surface area contributed by atoms with Crippen LogP contribution in [0.5, 0.6) is 11.5 Å². The second kappa shape index (κ2) is 5.59. The molecule has 0 radical (unpaired) electrons. The van der Waals surface area contributed by atoms with Gasteiger partial charge in [0.1, 0.15) is 5.56 Å². The molecule has 1 unspecified atom stereocenters. The van der Waals surface area contributed by atoms with E-state index in [1.54, 1.807) is 0 Å². The van der Waals surface area contributed by atoms with Gasteiger partial charge in [-0.25, -0.2) is 9.59 Å². The van der Waals surface area contributed by atoms with Crippen molar-refractivity contribution in [3.8, 4) is 11.5 Å². The van der Waals surface area contributed by atoms with E-state index in [0.29, 0.717) is 0 Å². The monoisotopic (exact) mass is 274 g/mol. The normalized spacial score (nSPS) is 11.7. The molecular formula is C11H11ClO6. The van der Waals surface area contributed by atoms with Crippen LogP contribution < -0.4 is 9.47 Å². The summed E-state index contributed by atoms with van der Waals surface area (Å²) in [4.78, 5) is 21.8. The number of carbonyl (C=O) groups is 2. The number of hydrogen-bond donors (Lipinski definition) is 2. The van der Waals surface area contributed by atoms with Crippen molar-refractivity contribution in [2.45, 2.75) is 13.0 Å². The molecule has 0 amide bonds. The van der Waals surface area contributed by atoms with Gasteiger partial charge in [-0.1, -0.05) is 11.6 Å². The van der Waals surface area contributed by atoms with Crippen LogP contribution in [0.25, 0.3) is 0 Å². The SMILES string of the molecule is COc1cc(Cl)cc(C(=O)O)c1OC(C)C(=O)O. The Labute approximate surface area is 108 Å². The van der Waals surface area contributed by atoms with Crippen molar-refractivity contribution >= 4 is 23.5 Å². The van der Waals surface area contributed by atoms with Gasteiger partial charge in [0.05, 0.1) is 7.11 Å². The van der Waals surface area contributed by atoms with Gasteiger partial charge in [-0.15, -0.1) is 0 Å². The molecule has 1 aromatic rings. The van der Waals surface area contributed by atoms with Crippen LogP contribution in [0.2, 0.25) is 5.02 Å². The molecule has 18 heavy (non-hydrogen) atoms. The fourth-order valence-corrected chi connectivity index (χ4v) is 1.44. The number of rotatable bonds is 5. The molecule has 0 saturated carbocycles. The molecule has 1 rings (SSSR count). The zero-order valence-corrected chi connectivity index (χ0v) is 10.4. The first-order valence-corrected chi connectivity index (χ1v) is 5.25. The minimum absolute atomic E-state index is 0.0630. The molecule has 0 aromatic heterocycles. The topological polar surface area (TPSA) is 93.1 Å². The lowest BCUT2D eigenvalue weighted by Gasteiger charge is -2.16. The first kappa shape index (κ1) is 14.1. The summed E-state index contributed by atoms with van der Waals surface area (Å²) in [7, 11) is 1.30. The summed E-state index contributed by atoms with van der Waals surface area (Å²) in [5.41, 5.74) is -0.257. The van der Waals surface area contributed by atoms with Crippen LogP contribution in [-0.2, 0) is 4.79 Å². The van der Waals surface area contributed by atoms with Gasteiger partial charge in [0, 0.05) is 11.1 Å². The summed E-state index contributed by atoms with van der Waals surface area (Å²) >= 11 is 5.73. The highest BCUT2D eigenvalue weighted by atomic mass is 35.5. The number of aliphatic carboxylic acids is 1. The Bertz CT molecular complexity index is 485. The maximum atomic E-state index is 11.1. The van der Waals surface area contributed by atoms with E-state index in [1.807, 2.05) is 0 Å². The summed E-state index contributed by atoms with van der Waals surface area (Å²) in [6.45, 7) is 1.28. The summed E-state index contributed by atoms with van der Waals surface area (Å²) in [6, 6.07) is 2.51. The molecule has 1 atom stereocenters. The van der Waals surface area contributed by atoms with Crippen LogP contribution in [0.15, 0.2) is 12.1 Å². The molecule has 7 heteroatoms. The van der Waals surface area contributed by atoms with Crippen LogP contribution in [0, 0.1) is 0 Å². The predicted octanol–water partition coefficient (Wildman–Crippen LogP) is 1.90. The molecule has 1 aromatic carbocycles. The van der Waals surface area contributed by atoms with Crippen LogP contribution in [0.4, 0.5) is 0 Å². The number of carboxylic acid groups (broad SMARTS) is 2. The molecule has 98 valence electrons. The van der Waals surface area contributed by atoms with Crippen LogP contribution >= 0.6 is 11.6 Å². The van der Waals surface area contributed by atoms with E-state index >= 15 is 0 Å². The van der Waals surface area contributed by atoms with Gasteiger partial charge in [-0.2, -0.15) is 0 Å². The summed E-state index contributed by atoms with van der Waals surface area (Å²) in [5, 5.41) is 17.9. The van der Waals surface area contributed by atoms with Crippen molar-refractivity contribution in [2.75, 3.05) is 7.11 Å². The smallest absolute Gasteiger partial charge is 0.344 e. The molecule has 2 N–H and O–H groups in total. The second-order valence-corrected chi connectivity index (χ2v) is 3.82. The number of hydrogen-bond acceptors (Lipinski definition) is 4. The van der Waals surface area contributed by atoms with Crippen LogP contribution in [0.3, 0.4) is 0 Å². The first-order valence-electron chi connectivity index (χ1n) is 4.87. The molecule has 0 aliphatic carbocycles. The summed E-state index contributed by atoms with van der Waals surface area (Å²) < 4.78 is 10.0. The zero-order chi connectivity index (χ0) is 13.9. The number of methoxy groups -OCH3 is 1. The lowest BCUT2D eigenvalue weighted by Crippen LogP contribution is -2.24. The molecule has 0 heterocycles. The molecule has 0 saturated heterocycles. The Kier molecular flexibility index (Phi) is 4.38. The van der Waals surface area contributed by atoms with Crippen molar-refractivity contribution in [1.82, 2.24) is 0 Å². The quantitative estimate of drug-likeness (QED) is 0.852. The zero-order valence-electron chi connectivity index (χ0n) is 9.64. The van der Waals surface area contributed by atoms with E-state index in [9.17, 15) is 9.59 Å². The van der Waals surface area contributed by atoms with Crippen molar-refractivity contribution in [3.05, 3.63) is 22.7 Å². The summed E-state index contributed by atoms with van der Waals surface area (Å²) in [6.07, 6.45) is -1.21. The molecule has 0 fully saturated rings. The Morgan fingerprint density at radius 1 is 1.33 bits per heavy atom. The Hall–Kier alpha value is -1.95. The maximum absolute atomic E-state index is 11.1. The Morgan fingerprint density at radius 3 is 2.39 bits per heavy atom. The maximum Gasteiger partial charge on any atom is 0.344 e. The Balaban J connectivity index is 3.29. The van der Waals surface area contributed by atoms with E-state index in [-0.39, 0.29) is 22.1 Å².